The average molecular weight is 275 g/mol. The van der Waals surface area contributed by atoms with Gasteiger partial charge < -0.3 is 10.8 Å². The minimum Gasteiger partial charge on any atom is -0.508 e. The Balaban J connectivity index is 1.53. The van der Waals surface area contributed by atoms with Crippen molar-refractivity contribution in [3.8, 4) is 5.75 Å². The number of para-hydroxylation sites is 1. The van der Waals surface area contributed by atoms with E-state index in [0.717, 1.165) is 51.1 Å². The average Bonchev–Trinajstić information content (AvgIpc) is 2.91. The Labute approximate surface area is 121 Å². The third-order valence-corrected chi connectivity index (χ3v) is 4.72. The van der Waals surface area contributed by atoms with Gasteiger partial charge in [-0.25, -0.2) is 0 Å². The summed E-state index contributed by atoms with van der Waals surface area (Å²) in [6.07, 6.45) is 3.51. The molecule has 1 aromatic carbocycles. The molecular weight excluding hydrogens is 250 g/mol. The van der Waals surface area contributed by atoms with Crippen LogP contribution in [0.15, 0.2) is 24.3 Å². The topological polar surface area (TPSA) is 52.7 Å². The summed E-state index contributed by atoms with van der Waals surface area (Å²) in [6.45, 7) is 5.40. The van der Waals surface area contributed by atoms with E-state index in [4.69, 9.17) is 5.73 Å². The number of likely N-dealkylation sites (tertiary alicyclic amines) is 2. The standard InChI is InChI=1S/C16H25N3O/c17-14-5-9-19(10-6-14)15-7-8-18(12-15)11-13-3-1-2-4-16(13)20/h1-4,14-15,20H,5-12,17H2. The number of aromatic hydroxyl groups is 1. The Morgan fingerprint density at radius 2 is 1.85 bits per heavy atom. The van der Waals surface area contributed by atoms with Crippen LogP contribution < -0.4 is 5.73 Å². The van der Waals surface area contributed by atoms with Gasteiger partial charge >= 0.3 is 0 Å². The maximum atomic E-state index is 9.86. The fourth-order valence-corrected chi connectivity index (χ4v) is 3.42. The molecule has 1 atom stereocenters. The van der Waals surface area contributed by atoms with Gasteiger partial charge in [0, 0.05) is 37.3 Å². The van der Waals surface area contributed by atoms with Crippen molar-refractivity contribution in [3.63, 3.8) is 0 Å². The molecule has 0 spiro atoms. The molecule has 3 rings (SSSR count). The highest BCUT2D eigenvalue weighted by Gasteiger charge is 2.29. The van der Waals surface area contributed by atoms with Gasteiger partial charge in [0.1, 0.15) is 5.75 Å². The molecule has 2 saturated heterocycles. The first-order valence-corrected chi connectivity index (χ1v) is 7.71. The summed E-state index contributed by atoms with van der Waals surface area (Å²) in [6, 6.07) is 8.74. The molecule has 0 amide bonds. The second kappa shape index (κ2) is 6.12. The lowest BCUT2D eigenvalue weighted by molar-refractivity contribution is 0.151. The molecule has 20 heavy (non-hydrogen) atoms. The minimum atomic E-state index is 0.407. The SMILES string of the molecule is NC1CCN(C2CCN(Cc3ccccc3O)C2)CC1. The Kier molecular flexibility index (Phi) is 4.24. The molecule has 0 bridgehead atoms. The fraction of sp³-hybridized carbons (Fsp3) is 0.625. The van der Waals surface area contributed by atoms with Crippen molar-refractivity contribution in [3.05, 3.63) is 29.8 Å². The maximum Gasteiger partial charge on any atom is 0.120 e. The second-order valence-corrected chi connectivity index (χ2v) is 6.18. The Morgan fingerprint density at radius 3 is 2.60 bits per heavy atom. The molecule has 3 N–H and O–H groups in total. The number of benzene rings is 1. The number of hydrogen-bond acceptors (Lipinski definition) is 4. The summed E-state index contributed by atoms with van der Waals surface area (Å²) in [4.78, 5) is 5.06. The van der Waals surface area contributed by atoms with Crippen molar-refractivity contribution in [1.82, 2.24) is 9.80 Å². The first kappa shape index (κ1) is 13.9. The third kappa shape index (κ3) is 3.14. The van der Waals surface area contributed by atoms with Crippen molar-refractivity contribution in [2.45, 2.75) is 37.9 Å². The number of nitrogens with two attached hydrogens (primary N) is 1. The normalized spacial score (nSPS) is 26.1. The van der Waals surface area contributed by atoms with Gasteiger partial charge in [0.15, 0.2) is 0 Å². The number of phenolic OH excluding ortho intramolecular Hbond substituents is 1. The zero-order valence-corrected chi connectivity index (χ0v) is 12.0. The predicted molar refractivity (Wildman–Crippen MR) is 80.6 cm³/mol. The summed E-state index contributed by atoms with van der Waals surface area (Å²) in [5.41, 5.74) is 7.01. The van der Waals surface area contributed by atoms with E-state index in [-0.39, 0.29) is 0 Å². The molecule has 4 nitrogen and oxygen atoms in total. The van der Waals surface area contributed by atoms with Crippen LogP contribution in [0.5, 0.6) is 5.75 Å². The maximum absolute atomic E-state index is 9.86. The lowest BCUT2D eigenvalue weighted by Gasteiger charge is -2.34. The van der Waals surface area contributed by atoms with Crippen molar-refractivity contribution in [2.75, 3.05) is 26.2 Å². The van der Waals surface area contributed by atoms with Gasteiger partial charge in [-0.15, -0.1) is 0 Å². The van der Waals surface area contributed by atoms with E-state index in [1.165, 1.54) is 6.42 Å². The van der Waals surface area contributed by atoms with Crippen LogP contribution in [0.25, 0.3) is 0 Å². The van der Waals surface area contributed by atoms with E-state index in [1.807, 2.05) is 18.2 Å². The first-order valence-electron chi connectivity index (χ1n) is 7.71. The zero-order valence-electron chi connectivity index (χ0n) is 12.0. The first-order chi connectivity index (χ1) is 9.72. The summed E-state index contributed by atoms with van der Waals surface area (Å²) >= 11 is 0. The largest absolute Gasteiger partial charge is 0.508 e. The molecule has 1 aromatic rings. The Hall–Kier alpha value is -1.10. The van der Waals surface area contributed by atoms with Crippen LogP contribution in [0, 0.1) is 0 Å². The van der Waals surface area contributed by atoms with Crippen molar-refractivity contribution >= 4 is 0 Å². The van der Waals surface area contributed by atoms with E-state index >= 15 is 0 Å². The van der Waals surface area contributed by atoms with Gasteiger partial charge in [-0.05, 0) is 38.4 Å². The summed E-state index contributed by atoms with van der Waals surface area (Å²) in [7, 11) is 0. The molecule has 0 radical (unpaired) electrons. The molecule has 2 fully saturated rings. The lowest BCUT2D eigenvalue weighted by Crippen LogP contribution is -2.46. The number of phenols is 1. The molecular formula is C16H25N3O. The molecule has 0 saturated carbocycles. The fourth-order valence-electron chi connectivity index (χ4n) is 3.42. The van der Waals surface area contributed by atoms with E-state index in [9.17, 15) is 5.11 Å². The van der Waals surface area contributed by atoms with Crippen LogP contribution in [0.2, 0.25) is 0 Å². The summed E-state index contributed by atoms with van der Waals surface area (Å²) in [5.74, 6) is 0.417. The smallest absolute Gasteiger partial charge is 0.120 e. The molecule has 0 aliphatic carbocycles. The second-order valence-electron chi connectivity index (χ2n) is 6.18. The van der Waals surface area contributed by atoms with Gasteiger partial charge in [0.25, 0.3) is 0 Å². The van der Waals surface area contributed by atoms with Crippen molar-refractivity contribution < 1.29 is 5.11 Å². The quantitative estimate of drug-likeness (QED) is 0.875. The monoisotopic (exact) mass is 275 g/mol. The minimum absolute atomic E-state index is 0.407. The summed E-state index contributed by atoms with van der Waals surface area (Å²) in [5, 5.41) is 9.86. The molecule has 110 valence electrons. The Morgan fingerprint density at radius 1 is 1.10 bits per heavy atom. The van der Waals surface area contributed by atoms with Crippen LogP contribution in [0.1, 0.15) is 24.8 Å². The highest BCUT2D eigenvalue weighted by molar-refractivity contribution is 5.31. The van der Waals surface area contributed by atoms with Crippen LogP contribution in [-0.4, -0.2) is 53.2 Å². The zero-order chi connectivity index (χ0) is 13.9. The molecule has 2 heterocycles. The van der Waals surface area contributed by atoms with E-state index in [1.54, 1.807) is 6.07 Å². The number of rotatable bonds is 3. The van der Waals surface area contributed by atoms with Gasteiger partial charge in [-0.3, -0.25) is 9.80 Å². The lowest BCUT2D eigenvalue weighted by atomic mass is 10.0. The molecule has 2 aliphatic heterocycles. The van der Waals surface area contributed by atoms with Crippen LogP contribution in [0.4, 0.5) is 0 Å². The van der Waals surface area contributed by atoms with Crippen molar-refractivity contribution in [2.24, 2.45) is 5.73 Å². The molecule has 0 aromatic heterocycles. The van der Waals surface area contributed by atoms with Crippen LogP contribution >= 0.6 is 0 Å². The van der Waals surface area contributed by atoms with E-state index in [2.05, 4.69) is 9.80 Å². The molecule has 2 aliphatic rings. The van der Waals surface area contributed by atoms with Crippen LogP contribution in [0.3, 0.4) is 0 Å². The van der Waals surface area contributed by atoms with E-state index < -0.39 is 0 Å². The van der Waals surface area contributed by atoms with Gasteiger partial charge in [0.2, 0.25) is 0 Å². The van der Waals surface area contributed by atoms with Gasteiger partial charge in [-0.1, -0.05) is 18.2 Å². The van der Waals surface area contributed by atoms with Gasteiger partial charge in [-0.2, -0.15) is 0 Å². The Bertz CT molecular complexity index is 443. The predicted octanol–water partition coefficient (Wildman–Crippen LogP) is 1.39. The summed E-state index contributed by atoms with van der Waals surface area (Å²) < 4.78 is 0. The molecule has 1 unspecified atom stereocenters. The van der Waals surface area contributed by atoms with Crippen molar-refractivity contribution in [1.29, 1.82) is 0 Å². The van der Waals surface area contributed by atoms with E-state index in [0.29, 0.717) is 17.8 Å². The highest BCUT2D eigenvalue weighted by Crippen LogP contribution is 2.24. The molecule has 4 heteroatoms. The van der Waals surface area contributed by atoms with Crippen LogP contribution in [-0.2, 0) is 6.54 Å². The highest BCUT2D eigenvalue weighted by atomic mass is 16.3. The number of piperidine rings is 1. The third-order valence-electron chi connectivity index (χ3n) is 4.72. The number of hydrogen-bond donors (Lipinski definition) is 2. The van der Waals surface area contributed by atoms with Gasteiger partial charge in [0.05, 0.1) is 0 Å². The number of nitrogens with zero attached hydrogens (tertiary/aromatic N) is 2.